The van der Waals surface area contributed by atoms with Crippen LogP contribution in [-0.4, -0.2) is 13.0 Å². The second-order valence-electron chi connectivity index (χ2n) is 7.39. The molecule has 1 N–H and O–H groups in total. The Morgan fingerprint density at radius 1 is 0.900 bits per heavy atom. The third-order valence-corrected chi connectivity index (χ3v) is 5.79. The Bertz CT molecular complexity index is 868. The number of aryl methyl sites for hydroxylation is 1. The molecule has 0 radical (unpaired) electrons. The molecule has 0 fully saturated rings. The second kappa shape index (κ2) is 14.6. The monoisotopic (exact) mass is 458 g/mol. The van der Waals surface area contributed by atoms with E-state index < -0.39 is 20.8 Å². The van der Waals surface area contributed by atoms with Gasteiger partial charge in [-0.05, 0) is 36.6 Å². The van der Waals surface area contributed by atoms with E-state index in [1.807, 2.05) is 18.2 Å². The van der Waals surface area contributed by atoms with Gasteiger partial charge in [-0.15, -0.1) is 0 Å². The molecule has 0 unspecified atom stereocenters. The average Bonchev–Trinajstić information content (AvgIpc) is 2.68. The number of benzene rings is 2. The Balaban J connectivity index is 0.00000450. The number of unbranched alkanes of at least 4 members (excludes halogenated alkanes) is 8. The molecule has 30 heavy (non-hydrogen) atoms. The van der Waals surface area contributed by atoms with Gasteiger partial charge < -0.3 is 9.84 Å². The van der Waals surface area contributed by atoms with Crippen molar-refractivity contribution in [2.24, 2.45) is 0 Å². The van der Waals surface area contributed by atoms with Crippen LogP contribution in [0.2, 0.25) is 0 Å². The van der Waals surface area contributed by atoms with Gasteiger partial charge in [0.25, 0.3) is 10.1 Å². The van der Waals surface area contributed by atoms with Crippen molar-refractivity contribution in [2.45, 2.75) is 76.0 Å². The van der Waals surface area contributed by atoms with Gasteiger partial charge in [0.2, 0.25) is 0 Å². The first-order valence-corrected chi connectivity index (χ1v) is 11.9. The molecule has 5 nitrogen and oxygen atoms in total. The minimum absolute atomic E-state index is 0. The predicted molar refractivity (Wildman–Crippen MR) is 113 cm³/mol. The summed E-state index contributed by atoms with van der Waals surface area (Å²) in [4.78, 5) is -0.519. The predicted octanol–water partition coefficient (Wildman–Crippen LogP) is 2.88. The summed E-state index contributed by atoms with van der Waals surface area (Å²) in [7, 11) is -4.54. The Kier molecular flexibility index (Phi) is 13.5. The fourth-order valence-electron chi connectivity index (χ4n) is 3.32. The van der Waals surface area contributed by atoms with Crippen LogP contribution in [0.3, 0.4) is 0 Å². The standard InChI is InChI=1S/C23H32O5S.K/c1-2-3-4-5-6-7-8-9-10-13-19-14-11-15-20(18-19)28-23-21(24)16-12-17-22(23)29(25,26)27;/h11-12,14-18,24H,2-10,13H2,1H3,(H,25,26,27);/q;+1/p-1. The molecule has 0 atom stereocenters. The van der Waals surface area contributed by atoms with Gasteiger partial charge >= 0.3 is 51.4 Å². The van der Waals surface area contributed by atoms with Crippen molar-refractivity contribution >= 4 is 10.1 Å². The van der Waals surface area contributed by atoms with Crippen molar-refractivity contribution in [1.29, 1.82) is 0 Å². The summed E-state index contributed by atoms with van der Waals surface area (Å²) in [6, 6.07) is 10.9. The van der Waals surface area contributed by atoms with Crippen molar-refractivity contribution in [3.05, 3.63) is 48.0 Å². The van der Waals surface area contributed by atoms with Crippen LogP contribution in [0.4, 0.5) is 0 Å². The maximum absolute atomic E-state index is 12.0. The summed E-state index contributed by atoms with van der Waals surface area (Å²) in [6.07, 6.45) is 12.3. The van der Waals surface area contributed by atoms with E-state index >= 15 is 0 Å². The zero-order chi connectivity index (χ0) is 21.1. The molecular weight excluding hydrogens is 427 g/mol. The molecule has 0 amide bonds. The van der Waals surface area contributed by atoms with Gasteiger partial charge in [0.05, 0.1) is 0 Å². The molecule has 7 heteroatoms. The smallest absolute Gasteiger partial charge is 0.870 e. The molecular formula is C23H31KO5S. The molecule has 0 bridgehead atoms. The van der Waals surface area contributed by atoms with Crippen molar-refractivity contribution in [1.82, 2.24) is 0 Å². The summed E-state index contributed by atoms with van der Waals surface area (Å²) in [5.74, 6) is -0.591. The van der Waals surface area contributed by atoms with E-state index in [9.17, 15) is 18.1 Å². The molecule has 0 aliphatic heterocycles. The molecule has 2 aromatic rings. The Labute approximate surface area is 223 Å². The van der Waals surface area contributed by atoms with Gasteiger partial charge in [0.1, 0.15) is 16.4 Å². The SMILES string of the molecule is CCCCCCCCCCCc1cccc(Oc2c([O-])cccc2S(=O)(=O)O)c1.[K+]. The zero-order valence-corrected chi connectivity index (χ0v) is 22.0. The van der Waals surface area contributed by atoms with Crippen molar-refractivity contribution in [3.8, 4) is 17.2 Å². The average molecular weight is 459 g/mol. The third-order valence-electron chi connectivity index (χ3n) is 4.91. The van der Waals surface area contributed by atoms with E-state index in [-0.39, 0.29) is 57.1 Å². The first-order chi connectivity index (χ1) is 13.9. The number of hydrogen-bond donors (Lipinski definition) is 1. The van der Waals surface area contributed by atoms with Crippen molar-refractivity contribution < 1.29 is 74.2 Å². The summed E-state index contributed by atoms with van der Waals surface area (Å²) < 4.78 is 37.9. The van der Waals surface area contributed by atoms with Crippen LogP contribution in [0.25, 0.3) is 0 Å². The Morgan fingerprint density at radius 2 is 1.50 bits per heavy atom. The fraction of sp³-hybridized carbons (Fsp3) is 0.478. The summed E-state index contributed by atoms with van der Waals surface area (Å²) in [6.45, 7) is 2.23. The molecule has 0 spiro atoms. The summed E-state index contributed by atoms with van der Waals surface area (Å²) in [5.41, 5.74) is 1.07. The Morgan fingerprint density at radius 3 is 2.13 bits per heavy atom. The minimum Gasteiger partial charge on any atom is -0.870 e. The van der Waals surface area contributed by atoms with Gasteiger partial charge in [-0.1, -0.05) is 88.3 Å². The largest absolute Gasteiger partial charge is 1.00 e. The first kappa shape index (κ1) is 27.6. The van der Waals surface area contributed by atoms with Crippen molar-refractivity contribution in [3.63, 3.8) is 0 Å². The van der Waals surface area contributed by atoms with Gasteiger partial charge in [0, 0.05) is 0 Å². The summed E-state index contributed by atoms with van der Waals surface area (Å²) in [5, 5.41) is 12.0. The van der Waals surface area contributed by atoms with Crippen LogP contribution in [0.15, 0.2) is 47.4 Å². The molecule has 0 aliphatic carbocycles. The topological polar surface area (TPSA) is 86.7 Å². The van der Waals surface area contributed by atoms with Gasteiger partial charge in [-0.25, -0.2) is 0 Å². The van der Waals surface area contributed by atoms with Crippen LogP contribution in [0.5, 0.6) is 17.2 Å². The molecule has 0 aliphatic rings. The molecule has 2 aromatic carbocycles. The van der Waals surface area contributed by atoms with Gasteiger partial charge in [-0.3, -0.25) is 4.55 Å². The fourth-order valence-corrected chi connectivity index (χ4v) is 3.95. The van der Waals surface area contributed by atoms with Crippen LogP contribution >= 0.6 is 0 Å². The van der Waals surface area contributed by atoms with E-state index in [4.69, 9.17) is 4.74 Å². The molecule has 0 aromatic heterocycles. The van der Waals surface area contributed by atoms with Gasteiger partial charge in [-0.2, -0.15) is 8.42 Å². The maximum atomic E-state index is 12.0. The first-order valence-electron chi connectivity index (χ1n) is 10.5. The quantitative estimate of drug-likeness (QED) is 0.283. The van der Waals surface area contributed by atoms with E-state index in [0.717, 1.165) is 24.5 Å². The van der Waals surface area contributed by atoms with Gasteiger partial charge in [0.15, 0.2) is 0 Å². The zero-order valence-electron chi connectivity index (χ0n) is 18.1. The molecule has 160 valence electrons. The van der Waals surface area contributed by atoms with Crippen LogP contribution in [0, 0.1) is 0 Å². The summed E-state index contributed by atoms with van der Waals surface area (Å²) >= 11 is 0. The van der Waals surface area contributed by atoms with Crippen LogP contribution in [-0.2, 0) is 16.5 Å². The number of para-hydroxylation sites is 1. The third kappa shape index (κ3) is 9.81. The van der Waals surface area contributed by atoms with E-state index in [2.05, 4.69) is 6.92 Å². The van der Waals surface area contributed by atoms with E-state index in [1.165, 1.54) is 63.5 Å². The number of ether oxygens (including phenoxy) is 1. The number of rotatable bonds is 13. The Hall–Kier alpha value is -0.414. The molecule has 0 heterocycles. The van der Waals surface area contributed by atoms with Crippen LogP contribution < -0.4 is 61.2 Å². The molecule has 0 saturated carbocycles. The number of hydrogen-bond acceptors (Lipinski definition) is 4. The van der Waals surface area contributed by atoms with Crippen LogP contribution in [0.1, 0.15) is 70.3 Å². The van der Waals surface area contributed by atoms with E-state index in [1.54, 1.807) is 6.07 Å². The molecule has 2 rings (SSSR count). The second-order valence-corrected chi connectivity index (χ2v) is 8.78. The maximum Gasteiger partial charge on any atom is 1.00 e. The van der Waals surface area contributed by atoms with Crippen molar-refractivity contribution in [2.75, 3.05) is 0 Å². The minimum atomic E-state index is -4.54. The molecule has 0 saturated heterocycles. The normalized spacial score (nSPS) is 11.1. The van der Waals surface area contributed by atoms with E-state index in [0.29, 0.717) is 5.75 Å².